The molecule has 0 bridgehead atoms. The number of hydrogen-bond acceptors (Lipinski definition) is 4. The van der Waals surface area contributed by atoms with Crippen molar-refractivity contribution in [2.24, 2.45) is 0 Å². The highest BCUT2D eigenvalue weighted by Crippen LogP contribution is 2.17. The van der Waals surface area contributed by atoms with Gasteiger partial charge in [0.2, 0.25) is 0 Å². The van der Waals surface area contributed by atoms with Crippen LogP contribution in [0.2, 0.25) is 0 Å². The molecule has 0 aromatic carbocycles. The molecule has 0 atom stereocenters. The van der Waals surface area contributed by atoms with Gasteiger partial charge in [0.05, 0.1) is 9.78 Å². The molecule has 0 saturated carbocycles. The molecule has 0 aliphatic carbocycles. The molecule has 0 amide bonds. The lowest BCUT2D eigenvalue weighted by Crippen LogP contribution is -2.28. The smallest absolute Gasteiger partial charge is 0.423 e. The van der Waals surface area contributed by atoms with E-state index >= 15 is 0 Å². The molecule has 0 saturated heterocycles. The number of rotatable bonds is 2. The third-order valence-corrected chi connectivity index (χ3v) is 3.08. The Balaban J connectivity index is 3.00. The Morgan fingerprint density at radius 3 is 2.25 bits per heavy atom. The summed E-state index contributed by atoms with van der Waals surface area (Å²) in [5.41, 5.74) is 0.721. The van der Waals surface area contributed by atoms with E-state index in [1.165, 1.54) is 11.3 Å². The van der Waals surface area contributed by atoms with E-state index in [-0.39, 0.29) is 0 Å². The number of aromatic nitrogens is 1. The molecular formula is C7H12BNO2S. The number of thiazole rings is 1. The van der Waals surface area contributed by atoms with Crippen LogP contribution in [0.15, 0.2) is 0 Å². The van der Waals surface area contributed by atoms with Crippen molar-refractivity contribution in [2.45, 2.75) is 26.7 Å². The molecule has 5 heteroatoms. The first-order valence-corrected chi connectivity index (χ1v) is 4.67. The van der Waals surface area contributed by atoms with Crippen molar-refractivity contribution in [1.82, 2.24) is 4.98 Å². The minimum atomic E-state index is -1.38. The van der Waals surface area contributed by atoms with Crippen molar-refractivity contribution in [1.29, 1.82) is 0 Å². The molecule has 0 aliphatic heterocycles. The Hall–Kier alpha value is -0.385. The number of nitrogens with zero attached hydrogens (tertiary/aromatic N) is 1. The van der Waals surface area contributed by atoms with Crippen LogP contribution in [-0.4, -0.2) is 22.2 Å². The molecule has 0 radical (unpaired) electrons. The Morgan fingerprint density at radius 1 is 1.42 bits per heavy atom. The molecule has 1 aromatic heterocycles. The highest BCUT2D eigenvalue weighted by molar-refractivity contribution is 7.22. The zero-order valence-corrected chi connectivity index (χ0v) is 8.22. The summed E-state index contributed by atoms with van der Waals surface area (Å²) in [6.45, 7) is 5.86. The van der Waals surface area contributed by atoms with Crippen LogP contribution in [0.1, 0.15) is 30.5 Å². The fraction of sp³-hybridized carbons (Fsp3) is 0.571. The summed E-state index contributed by atoms with van der Waals surface area (Å²) < 4.78 is 0.554. The van der Waals surface area contributed by atoms with E-state index in [1.807, 2.05) is 13.8 Å². The van der Waals surface area contributed by atoms with Crippen LogP contribution in [0.5, 0.6) is 0 Å². The van der Waals surface area contributed by atoms with Crippen molar-refractivity contribution < 1.29 is 10.0 Å². The molecule has 0 unspecified atom stereocenters. The lowest BCUT2D eigenvalue weighted by Gasteiger charge is -1.95. The van der Waals surface area contributed by atoms with Gasteiger partial charge < -0.3 is 10.0 Å². The third-order valence-electron chi connectivity index (χ3n) is 1.58. The van der Waals surface area contributed by atoms with E-state index in [0.717, 1.165) is 10.7 Å². The number of hydrogen-bond donors (Lipinski definition) is 2. The molecule has 1 rings (SSSR count). The fourth-order valence-electron chi connectivity index (χ4n) is 0.916. The van der Waals surface area contributed by atoms with Crippen molar-refractivity contribution in [2.75, 3.05) is 0 Å². The maximum atomic E-state index is 8.93. The minimum absolute atomic E-state index is 0.348. The van der Waals surface area contributed by atoms with E-state index in [9.17, 15) is 0 Å². The summed E-state index contributed by atoms with van der Waals surface area (Å²) in [5, 5.41) is 18.8. The quantitative estimate of drug-likeness (QED) is 0.649. The van der Waals surface area contributed by atoms with Crippen LogP contribution in [0.4, 0.5) is 0 Å². The topological polar surface area (TPSA) is 53.4 Å². The Morgan fingerprint density at radius 2 is 2.00 bits per heavy atom. The van der Waals surface area contributed by atoms with Crippen LogP contribution in [0.25, 0.3) is 0 Å². The Bertz CT molecular complexity index is 272. The van der Waals surface area contributed by atoms with Gasteiger partial charge in [-0.25, -0.2) is 4.98 Å². The van der Waals surface area contributed by atoms with Gasteiger partial charge in [-0.1, -0.05) is 13.8 Å². The summed E-state index contributed by atoms with van der Waals surface area (Å²) in [5.74, 6) is 0.348. The van der Waals surface area contributed by atoms with Crippen LogP contribution in [0.3, 0.4) is 0 Å². The van der Waals surface area contributed by atoms with Crippen LogP contribution >= 0.6 is 11.3 Å². The van der Waals surface area contributed by atoms with Crippen molar-refractivity contribution in [3.05, 3.63) is 10.7 Å². The average molecular weight is 185 g/mol. The SMILES string of the molecule is Cc1nc(C(C)C)sc1B(O)O. The molecule has 12 heavy (non-hydrogen) atoms. The normalized spacial score (nSPS) is 10.8. The Kier molecular flexibility index (Phi) is 2.87. The van der Waals surface area contributed by atoms with E-state index in [4.69, 9.17) is 10.0 Å². The van der Waals surface area contributed by atoms with Crippen LogP contribution in [-0.2, 0) is 0 Å². The first-order chi connectivity index (χ1) is 5.52. The number of aryl methyl sites for hydroxylation is 1. The molecule has 0 aliphatic rings. The maximum absolute atomic E-state index is 8.93. The second-order valence-corrected chi connectivity index (χ2v) is 4.09. The van der Waals surface area contributed by atoms with E-state index in [0.29, 0.717) is 10.7 Å². The highest BCUT2D eigenvalue weighted by atomic mass is 32.1. The lowest BCUT2D eigenvalue weighted by molar-refractivity contribution is 0.426. The maximum Gasteiger partial charge on any atom is 0.501 e. The summed E-state index contributed by atoms with van der Waals surface area (Å²) in [4.78, 5) is 4.23. The van der Waals surface area contributed by atoms with Crippen LogP contribution < -0.4 is 4.78 Å². The largest absolute Gasteiger partial charge is 0.501 e. The van der Waals surface area contributed by atoms with Gasteiger partial charge in [-0.15, -0.1) is 11.3 Å². The predicted molar refractivity (Wildman–Crippen MR) is 50.8 cm³/mol. The van der Waals surface area contributed by atoms with Gasteiger partial charge in [0, 0.05) is 11.6 Å². The fourth-order valence-corrected chi connectivity index (χ4v) is 1.86. The van der Waals surface area contributed by atoms with E-state index in [2.05, 4.69) is 4.98 Å². The molecule has 1 aromatic rings. The van der Waals surface area contributed by atoms with Gasteiger partial charge in [0.1, 0.15) is 0 Å². The predicted octanol–water partition coefficient (Wildman–Crippen LogP) is 0.255. The zero-order valence-electron chi connectivity index (χ0n) is 7.40. The first kappa shape index (κ1) is 9.70. The highest BCUT2D eigenvalue weighted by Gasteiger charge is 2.19. The molecule has 0 fully saturated rings. The standard InChI is InChI=1S/C7H12BNO2S/c1-4(2)7-9-5(3)6(12-7)8(10)11/h4,10-11H,1-3H3. The molecule has 2 N–H and O–H groups in total. The lowest BCUT2D eigenvalue weighted by atomic mass is 9.88. The summed E-state index contributed by atoms with van der Waals surface area (Å²) in [6, 6.07) is 0. The monoisotopic (exact) mass is 185 g/mol. The van der Waals surface area contributed by atoms with Crippen molar-refractivity contribution in [3.8, 4) is 0 Å². The molecule has 0 spiro atoms. The van der Waals surface area contributed by atoms with E-state index in [1.54, 1.807) is 6.92 Å². The minimum Gasteiger partial charge on any atom is -0.423 e. The van der Waals surface area contributed by atoms with Gasteiger partial charge in [0.25, 0.3) is 0 Å². The molecule has 3 nitrogen and oxygen atoms in total. The second kappa shape index (κ2) is 3.55. The van der Waals surface area contributed by atoms with Gasteiger partial charge in [-0.2, -0.15) is 0 Å². The van der Waals surface area contributed by atoms with Gasteiger partial charge in [-0.05, 0) is 6.92 Å². The third kappa shape index (κ3) is 1.85. The summed E-state index contributed by atoms with van der Waals surface area (Å²) >= 11 is 1.36. The molecular weight excluding hydrogens is 173 g/mol. The van der Waals surface area contributed by atoms with Crippen molar-refractivity contribution in [3.63, 3.8) is 0 Å². The van der Waals surface area contributed by atoms with Gasteiger partial charge >= 0.3 is 7.12 Å². The van der Waals surface area contributed by atoms with Crippen molar-refractivity contribution >= 4 is 23.2 Å². The zero-order chi connectivity index (χ0) is 9.30. The molecule has 66 valence electrons. The summed E-state index contributed by atoms with van der Waals surface area (Å²) in [6.07, 6.45) is 0. The second-order valence-electron chi connectivity index (χ2n) is 3.03. The Labute approximate surface area is 76.2 Å². The van der Waals surface area contributed by atoms with E-state index < -0.39 is 7.12 Å². The first-order valence-electron chi connectivity index (χ1n) is 3.85. The van der Waals surface area contributed by atoms with Gasteiger partial charge in [0.15, 0.2) is 0 Å². The van der Waals surface area contributed by atoms with Gasteiger partial charge in [-0.3, -0.25) is 0 Å². The average Bonchev–Trinajstić information content (AvgIpc) is 2.30. The van der Waals surface area contributed by atoms with Crippen LogP contribution in [0, 0.1) is 6.92 Å². The molecule has 1 heterocycles. The summed E-state index contributed by atoms with van der Waals surface area (Å²) in [7, 11) is -1.38.